The van der Waals surface area contributed by atoms with Crippen molar-refractivity contribution in [1.82, 2.24) is 0 Å². The Kier molecular flexibility index (Phi) is 6.10. The molecule has 1 heteroatoms. The van der Waals surface area contributed by atoms with Crippen LogP contribution in [0.5, 0.6) is 0 Å². The third kappa shape index (κ3) is 4.52. The second-order valence-electron chi connectivity index (χ2n) is 7.46. The molecule has 0 aliphatic rings. The van der Waals surface area contributed by atoms with E-state index < -0.39 is 0 Å². The minimum absolute atomic E-state index is 0.928. The topological polar surface area (TPSA) is 3.24 Å². The van der Waals surface area contributed by atoms with Crippen LogP contribution in [0.3, 0.4) is 0 Å². The zero-order valence-electron chi connectivity index (χ0n) is 17.6. The molecule has 4 rings (SSSR count). The lowest BCUT2D eigenvalue weighted by Crippen LogP contribution is -2.15. The molecule has 0 saturated carbocycles. The molecular weight excluding hydrogens is 362 g/mol. The highest BCUT2D eigenvalue weighted by atomic mass is 15.1. The van der Waals surface area contributed by atoms with Gasteiger partial charge in [-0.05, 0) is 66.5 Å². The maximum absolute atomic E-state index is 2.34. The van der Waals surface area contributed by atoms with Crippen LogP contribution in [0.25, 0.3) is 11.6 Å². The maximum atomic E-state index is 2.34. The molecule has 148 valence electrons. The third-order valence-electron chi connectivity index (χ3n) is 5.35. The van der Waals surface area contributed by atoms with E-state index in [2.05, 4.69) is 134 Å². The Hall–Kier alpha value is -3.58. The number of aryl methyl sites for hydroxylation is 1. The van der Waals surface area contributed by atoms with Crippen molar-refractivity contribution in [2.75, 3.05) is 11.4 Å². The van der Waals surface area contributed by atoms with Gasteiger partial charge in [-0.1, -0.05) is 90.5 Å². The number of hydrogen-bond acceptors (Lipinski definition) is 1. The van der Waals surface area contributed by atoms with Crippen molar-refractivity contribution < 1.29 is 0 Å². The van der Waals surface area contributed by atoms with Gasteiger partial charge in [-0.25, -0.2) is 0 Å². The quantitative estimate of drug-likeness (QED) is 0.305. The van der Waals surface area contributed by atoms with Gasteiger partial charge in [0.05, 0.1) is 0 Å². The van der Waals surface area contributed by atoms with Crippen molar-refractivity contribution in [2.24, 2.45) is 0 Å². The van der Waals surface area contributed by atoms with Gasteiger partial charge >= 0.3 is 0 Å². The molecule has 0 fully saturated rings. The van der Waals surface area contributed by atoms with Crippen LogP contribution < -0.4 is 4.90 Å². The summed E-state index contributed by atoms with van der Waals surface area (Å²) in [6.45, 7) is 5.24. The first kappa shape index (κ1) is 19.7. The molecule has 0 aromatic heterocycles. The van der Waals surface area contributed by atoms with Crippen LogP contribution in [0, 0.1) is 6.92 Å². The Morgan fingerprint density at radius 2 is 1.10 bits per heavy atom. The Balaban J connectivity index is 1.68. The second-order valence-corrected chi connectivity index (χ2v) is 7.46. The van der Waals surface area contributed by atoms with E-state index in [1.807, 2.05) is 0 Å². The van der Waals surface area contributed by atoms with E-state index in [0.29, 0.717) is 0 Å². The lowest BCUT2D eigenvalue weighted by molar-refractivity contribution is 1.02. The Morgan fingerprint density at radius 1 is 0.633 bits per heavy atom. The zero-order valence-corrected chi connectivity index (χ0v) is 17.6. The highest BCUT2D eigenvalue weighted by Crippen LogP contribution is 2.29. The summed E-state index contributed by atoms with van der Waals surface area (Å²) in [5, 5.41) is 0. The largest absolute Gasteiger partial charge is 0.342 e. The van der Waals surface area contributed by atoms with Crippen molar-refractivity contribution in [1.29, 1.82) is 0 Å². The molecule has 0 spiro atoms. The SMILES string of the molecule is CCN(c1ccc(C)cc1)c1ccc(C=C(c2ccccc2)c2ccccc2)cc1. The van der Waals surface area contributed by atoms with E-state index in [4.69, 9.17) is 0 Å². The predicted octanol–water partition coefficient (Wildman–Crippen LogP) is 7.74. The molecule has 0 amide bonds. The molecule has 0 unspecified atom stereocenters. The van der Waals surface area contributed by atoms with Crippen molar-refractivity contribution in [3.63, 3.8) is 0 Å². The molecular formula is C29H27N. The summed E-state index contributed by atoms with van der Waals surface area (Å²) >= 11 is 0. The molecule has 4 aromatic rings. The number of anilines is 2. The van der Waals surface area contributed by atoms with Crippen LogP contribution in [0.2, 0.25) is 0 Å². The summed E-state index contributed by atoms with van der Waals surface area (Å²) in [5.41, 5.74) is 8.59. The first-order valence-electron chi connectivity index (χ1n) is 10.5. The molecule has 0 aliphatic carbocycles. The maximum Gasteiger partial charge on any atom is 0.0411 e. The second kappa shape index (κ2) is 9.28. The summed E-state index contributed by atoms with van der Waals surface area (Å²) in [6, 6.07) is 38.7. The summed E-state index contributed by atoms with van der Waals surface area (Å²) in [5.74, 6) is 0. The highest BCUT2D eigenvalue weighted by Gasteiger charge is 2.08. The minimum atomic E-state index is 0.928. The first-order chi connectivity index (χ1) is 14.7. The van der Waals surface area contributed by atoms with Gasteiger partial charge < -0.3 is 4.90 Å². The van der Waals surface area contributed by atoms with E-state index in [1.165, 1.54) is 39.2 Å². The molecule has 1 nitrogen and oxygen atoms in total. The van der Waals surface area contributed by atoms with Gasteiger partial charge in [0, 0.05) is 17.9 Å². The molecule has 0 radical (unpaired) electrons. The average Bonchev–Trinajstić information content (AvgIpc) is 2.81. The van der Waals surface area contributed by atoms with Gasteiger partial charge in [-0.3, -0.25) is 0 Å². The number of benzene rings is 4. The van der Waals surface area contributed by atoms with E-state index in [9.17, 15) is 0 Å². The van der Waals surface area contributed by atoms with Crippen molar-refractivity contribution in [3.8, 4) is 0 Å². The van der Waals surface area contributed by atoms with E-state index in [1.54, 1.807) is 0 Å². The fourth-order valence-corrected chi connectivity index (χ4v) is 3.72. The Labute approximate surface area is 179 Å². The van der Waals surface area contributed by atoms with Gasteiger partial charge in [-0.15, -0.1) is 0 Å². The molecule has 0 heterocycles. The fourth-order valence-electron chi connectivity index (χ4n) is 3.72. The van der Waals surface area contributed by atoms with Gasteiger partial charge in [0.2, 0.25) is 0 Å². The lowest BCUT2D eigenvalue weighted by Gasteiger charge is -2.23. The monoisotopic (exact) mass is 389 g/mol. The summed E-state index contributed by atoms with van der Waals surface area (Å²) in [4.78, 5) is 2.34. The molecule has 0 bridgehead atoms. The van der Waals surface area contributed by atoms with Crippen LogP contribution in [0.15, 0.2) is 109 Å². The smallest absolute Gasteiger partial charge is 0.0411 e. The lowest BCUT2D eigenvalue weighted by atomic mass is 9.96. The number of hydrogen-bond donors (Lipinski definition) is 0. The summed E-state index contributed by atoms with van der Waals surface area (Å²) in [6.07, 6.45) is 2.27. The predicted molar refractivity (Wildman–Crippen MR) is 130 cm³/mol. The van der Waals surface area contributed by atoms with Crippen molar-refractivity contribution >= 4 is 23.0 Å². The molecule has 0 saturated heterocycles. The number of nitrogens with zero attached hydrogens (tertiary/aromatic N) is 1. The molecule has 4 aromatic carbocycles. The Morgan fingerprint density at radius 3 is 1.57 bits per heavy atom. The van der Waals surface area contributed by atoms with Gasteiger partial charge in [0.25, 0.3) is 0 Å². The van der Waals surface area contributed by atoms with Crippen LogP contribution >= 0.6 is 0 Å². The average molecular weight is 390 g/mol. The Bertz CT molecular complexity index is 1050. The summed E-state index contributed by atoms with van der Waals surface area (Å²) < 4.78 is 0. The van der Waals surface area contributed by atoms with Crippen molar-refractivity contribution in [3.05, 3.63) is 131 Å². The van der Waals surface area contributed by atoms with Gasteiger partial charge in [0.15, 0.2) is 0 Å². The van der Waals surface area contributed by atoms with E-state index in [-0.39, 0.29) is 0 Å². The zero-order chi connectivity index (χ0) is 20.8. The first-order valence-corrected chi connectivity index (χ1v) is 10.5. The molecule has 30 heavy (non-hydrogen) atoms. The highest BCUT2D eigenvalue weighted by molar-refractivity contribution is 5.91. The van der Waals surface area contributed by atoms with E-state index >= 15 is 0 Å². The van der Waals surface area contributed by atoms with Gasteiger partial charge in [-0.2, -0.15) is 0 Å². The molecule has 0 N–H and O–H groups in total. The van der Waals surface area contributed by atoms with Gasteiger partial charge in [0.1, 0.15) is 0 Å². The van der Waals surface area contributed by atoms with Crippen LogP contribution in [0.1, 0.15) is 29.2 Å². The molecule has 0 aliphatic heterocycles. The summed E-state index contributed by atoms with van der Waals surface area (Å²) in [7, 11) is 0. The van der Waals surface area contributed by atoms with Crippen LogP contribution in [-0.2, 0) is 0 Å². The van der Waals surface area contributed by atoms with Crippen molar-refractivity contribution in [2.45, 2.75) is 13.8 Å². The van der Waals surface area contributed by atoms with Crippen LogP contribution in [0.4, 0.5) is 11.4 Å². The third-order valence-corrected chi connectivity index (χ3v) is 5.35. The van der Waals surface area contributed by atoms with Crippen LogP contribution in [-0.4, -0.2) is 6.54 Å². The fraction of sp³-hybridized carbons (Fsp3) is 0.103. The normalized spacial score (nSPS) is 10.5. The standard InChI is InChI=1S/C29H27N/c1-3-30(27-18-14-23(2)15-19-27)28-20-16-24(17-21-28)22-29(25-10-6-4-7-11-25)26-12-8-5-9-13-26/h4-22H,3H2,1-2H3. The minimum Gasteiger partial charge on any atom is -0.342 e. The number of rotatable bonds is 6. The van der Waals surface area contributed by atoms with E-state index in [0.717, 1.165) is 6.54 Å². The molecule has 0 atom stereocenters.